The number of aromatic nitrogens is 2. The lowest BCUT2D eigenvalue weighted by Gasteiger charge is -2.27. The van der Waals surface area contributed by atoms with E-state index in [1.165, 1.54) is 5.56 Å². The second kappa shape index (κ2) is 9.50. The van der Waals surface area contributed by atoms with E-state index in [0.29, 0.717) is 17.8 Å². The predicted molar refractivity (Wildman–Crippen MR) is 145 cm³/mol. The number of rotatable bonds is 6. The Labute approximate surface area is 224 Å². The molecule has 0 spiro atoms. The van der Waals surface area contributed by atoms with Crippen LogP contribution >= 0.6 is 0 Å². The van der Waals surface area contributed by atoms with Crippen molar-refractivity contribution >= 4 is 35.1 Å². The van der Waals surface area contributed by atoms with Crippen molar-refractivity contribution in [3.63, 3.8) is 0 Å². The largest absolute Gasteiger partial charge is 0.369 e. The highest BCUT2D eigenvalue weighted by Gasteiger charge is 2.44. The van der Waals surface area contributed by atoms with Crippen LogP contribution in [0.15, 0.2) is 60.7 Å². The Morgan fingerprint density at radius 2 is 1.72 bits per heavy atom. The molecule has 0 saturated carbocycles. The lowest BCUT2D eigenvalue weighted by molar-refractivity contribution is -0.136. The fraction of sp³-hybridized carbons (Fsp3) is 0.233. The predicted octanol–water partition coefficient (Wildman–Crippen LogP) is 3.67. The first kappa shape index (κ1) is 24.5. The molecule has 6 rings (SSSR count). The third-order valence-electron chi connectivity index (χ3n) is 7.55. The zero-order chi connectivity index (χ0) is 27.3. The monoisotopic (exact) mass is 521 g/mol. The molecule has 2 aliphatic rings. The minimum absolute atomic E-state index is 0.0765. The Bertz CT molecular complexity index is 1670. The molecule has 2 N–H and O–H groups in total. The van der Waals surface area contributed by atoms with Crippen LogP contribution in [0.25, 0.3) is 16.9 Å². The summed E-state index contributed by atoms with van der Waals surface area (Å²) in [5, 5.41) is 5.79. The number of carbonyl (C=O) groups is 4. The fourth-order valence-electron chi connectivity index (χ4n) is 5.34. The molecule has 0 aliphatic carbocycles. The van der Waals surface area contributed by atoms with E-state index in [1.807, 2.05) is 44.2 Å². The minimum Gasteiger partial charge on any atom is -0.369 e. The van der Waals surface area contributed by atoms with Gasteiger partial charge < -0.3 is 5.32 Å². The van der Waals surface area contributed by atoms with Crippen LogP contribution in [0.3, 0.4) is 0 Å². The lowest BCUT2D eigenvalue weighted by atomic mass is 10.0. The third kappa shape index (κ3) is 4.16. The molecule has 1 unspecified atom stereocenters. The Balaban J connectivity index is 1.37. The lowest BCUT2D eigenvalue weighted by Crippen LogP contribution is -2.54. The van der Waals surface area contributed by atoms with E-state index in [9.17, 15) is 19.2 Å². The van der Waals surface area contributed by atoms with Crippen molar-refractivity contribution in [3.8, 4) is 11.3 Å². The highest BCUT2D eigenvalue weighted by Crippen LogP contribution is 2.35. The molecular formula is C30H27N5O4. The van der Waals surface area contributed by atoms with Gasteiger partial charge in [-0.15, -0.1) is 0 Å². The molecule has 1 saturated heterocycles. The molecule has 2 aromatic carbocycles. The summed E-state index contributed by atoms with van der Waals surface area (Å²) in [6.45, 7) is 4.76. The molecule has 1 atom stereocenters. The van der Waals surface area contributed by atoms with Crippen molar-refractivity contribution in [2.45, 2.75) is 39.2 Å². The molecule has 2 aliphatic heterocycles. The van der Waals surface area contributed by atoms with Crippen LogP contribution in [0.1, 0.15) is 50.4 Å². The topological polar surface area (TPSA) is 113 Å². The summed E-state index contributed by atoms with van der Waals surface area (Å²) < 4.78 is 2.07. The second-order valence-electron chi connectivity index (χ2n) is 9.97. The number of fused-ring (bicyclic) bond motifs is 2. The second-order valence-corrected chi connectivity index (χ2v) is 9.97. The van der Waals surface area contributed by atoms with Crippen molar-refractivity contribution < 1.29 is 19.2 Å². The van der Waals surface area contributed by atoms with Crippen molar-refractivity contribution in [1.29, 1.82) is 0 Å². The Morgan fingerprint density at radius 1 is 0.949 bits per heavy atom. The fourth-order valence-corrected chi connectivity index (χ4v) is 5.34. The molecule has 0 bridgehead atoms. The van der Waals surface area contributed by atoms with Gasteiger partial charge in [0.15, 0.2) is 0 Å². The van der Waals surface area contributed by atoms with E-state index in [1.54, 1.807) is 18.2 Å². The van der Waals surface area contributed by atoms with E-state index < -0.39 is 29.7 Å². The van der Waals surface area contributed by atoms with Crippen molar-refractivity contribution in [2.24, 2.45) is 0 Å². The van der Waals surface area contributed by atoms with Crippen LogP contribution in [-0.4, -0.2) is 50.5 Å². The van der Waals surface area contributed by atoms with Gasteiger partial charge in [-0.2, -0.15) is 0 Å². The number of piperidine rings is 1. The van der Waals surface area contributed by atoms with Gasteiger partial charge in [-0.05, 0) is 56.0 Å². The summed E-state index contributed by atoms with van der Waals surface area (Å²) in [6, 6.07) is 18.3. The summed E-state index contributed by atoms with van der Waals surface area (Å²) >= 11 is 0. The Hall–Kier alpha value is -4.79. The number of anilines is 1. The number of amides is 4. The number of imidazole rings is 1. The molecule has 4 aromatic rings. The molecule has 1 fully saturated rings. The van der Waals surface area contributed by atoms with Crippen LogP contribution in [-0.2, 0) is 16.0 Å². The van der Waals surface area contributed by atoms with Crippen LogP contribution in [0, 0.1) is 13.8 Å². The van der Waals surface area contributed by atoms with Crippen LogP contribution in [0.2, 0.25) is 0 Å². The molecule has 9 nitrogen and oxygen atoms in total. The number of imide groups is 2. The maximum atomic E-state index is 13.4. The van der Waals surface area contributed by atoms with E-state index in [4.69, 9.17) is 4.98 Å². The summed E-state index contributed by atoms with van der Waals surface area (Å²) in [4.78, 5) is 56.5. The van der Waals surface area contributed by atoms with E-state index >= 15 is 0 Å². The molecular weight excluding hydrogens is 494 g/mol. The number of carbonyl (C=O) groups excluding carboxylic acids is 4. The average molecular weight is 522 g/mol. The van der Waals surface area contributed by atoms with Gasteiger partial charge in [0.05, 0.1) is 11.1 Å². The highest BCUT2D eigenvalue weighted by molar-refractivity contribution is 6.23. The molecule has 39 heavy (non-hydrogen) atoms. The minimum atomic E-state index is -1.01. The highest BCUT2D eigenvalue weighted by atomic mass is 16.2. The summed E-state index contributed by atoms with van der Waals surface area (Å²) in [5.74, 6) is -1.29. The first-order valence-electron chi connectivity index (χ1n) is 13.0. The standard InChI is InChI=1S/C30H27N5O4/c1-17-8-12-24-32-26(27(34(24)18(17)2)31-15-14-19-6-4-3-5-7-19)20-9-10-21-22(16-20)30(39)35(29(21)38)23-11-13-25(36)33-28(23)37/h3-10,12,16,23,31H,11,13-15H2,1-2H3,(H,33,36,37). The van der Waals surface area contributed by atoms with Crippen molar-refractivity contribution in [2.75, 3.05) is 11.9 Å². The number of aryl methyl sites for hydroxylation is 2. The zero-order valence-corrected chi connectivity index (χ0v) is 21.7. The zero-order valence-electron chi connectivity index (χ0n) is 21.7. The van der Waals surface area contributed by atoms with Gasteiger partial charge in [0, 0.05) is 24.2 Å². The quantitative estimate of drug-likeness (QED) is 0.375. The maximum absolute atomic E-state index is 13.4. The van der Waals surface area contributed by atoms with E-state index in [2.05, 4.69) is 27.2 Å². The number of benzene rings is 2. The number of hydrogen-bond donors (Lipinski definition) is 2. The van der Waals surface area contributed by atoms with Gasteiger partial charge in [-0.25, -0.2) is 4.98 Å². The van der Waals surface area contributed by atoms with Gasteiger partial charge in [-0.3, -0.25) is 33.8 Å². The van der Waals surface area contributed by atoms with Crippen LogP contribution in [0.5, 0.6) is 0 Å². The molecule has 2 aromatic heterocycles. The summed E-state index contributed by atoms with van der Waals surface area (Å²) in [6.07, 6.45) is 1.01. The Morgan fingerprint density at radius 3 is 2.49 bits per heavy atom. The van der Waals surface area contributed by atoms with Crippen molar-refractivity contribution in [3.05, 3.63) is 88.6 Å². The smallest absolute Gasteiger partial charge is 0.262 e. The number of hydrogen-bond acceptors (Lipinski definition) is 6. The molecule has 4 amide bonds. The van der Waals surface area contributed by atoms with Crippen molar-refractivity contribution in [1.82, 2.24) is 19.6 Å². The van der Waals surface area contributed by atoms with Gasteiger partial charge >= 0.3 is 0 Å². The molecule has 4 heterocycles. The molecule has 196 valence electrons. The van der Waals surface area contributed by atoms with E-state index in [0.717, 1.165) is 34.0 Å². The van der Waals surface area contributed by atoms with Gasteiger partial charge in [-0.1, -0.05) is 42.5 Å². The van der Waals surface area contributed by atoms with Gasteiger partial charge in [0.25, 0.3) is 11.8 Å². The van der Waals surface area contributed by atoms with Gasteiger partial charge in [0.2, 0.25) is 11.8 Å². The first-order valence-corrected chi connectivity index (χ1v) is 13.0. The SMILES string of the molecule is Cc1ccc2nc(-c3ccc4c(c3)C(=O)N(C3CCC(=O)NC3=O)C4=O)c(NCCc3ccccc3)n2c1C. The number of nitrogens with one attached hydrogen (secondary N) is 2. The normalized spacial score (nSPS) is 17.1. The average Bonchev–Trinajstić information content (AvgIpc) is 3.42. The van der Waals surface area contributed by atoms with E-state index in [-0.39, 0.29) is 24.0 Å². The first-order chi connectivity index (χ1) is 18.8. The number of nitrogens with zero attached hydrogens (tertiary/aromatic N) is 3. The molecule has 9 heteroatoms. The molecule has 0 radical (unpaired) electrons. The number of pyridine rings is 1. The summed E-state index contributed by atoms with van der Waals surface area (Å²) in [5.41, 5.74) is 5.95. The third-order valence-corrected chi connectivity index (χ3v) is 7.55. The Kier molecular flexibility index (Phi) is 5.98. The van der Waals surface area contributed by atoms with Crippen LogP contribution in [0.4, 0.5) is 5.82 Å². The maximum Gasteiger partial charge on any atom is 0.262 e. The van der Waals surface area contributed by atoms with Crippen LogP contribution < -0.4 is 10.6 Å². The van der Waals surface area contributed by atoms with Gasteiger partial charge in [0.1, 0.15) is 23.2 Å². The summed E-state index contributed by atoms with van der Waals surface area (Å²) in [7, 11) is 0.